The molecular weight excluding hydrogens is 370 g/mol. The molecule has 6 nitrogen and oxygen atoms in total. The Morgan fingerprint density at radius 1 is 1.17 bits per heavy atom. The lowest BCUT2D eigenvalue weighted by molar-refractivity contribution is -0.143. The molecule has 29 heavy (non-hydrogen) atoms. The third-order valence-corrected chi connectivity index (χ3v) is 5.74. The van der Waals surface area contributed by atoms with Crippen molar-refractivity contribution in [2.75, 3.05) is 14.2 Å². The van der Waals surface area contributed by atoms with Crippen molar-refractivity contribution in [3.8, 4) is 5.75 Å². The number of furan rings is 1. The Morgan fingerprint density at radius 2 is 2.00 bits per heavy atom. The molecule has 2 heterocycles. The fourth-order valence-corrected chi connectivity index (χ4v) is 4.41. The van der Waals surface area contributed by atoms with Gasteiger partial charge in [0.2, 0.25) is 0 Å². The van der Waals surface area contributed by atoms with Gasteiger partial charge in [-0.1, -0.05) is 12.1 Å². The maximum atomic E-state index is 13.3. The SMILES string of the molecule is COC(=O)C1C(C)=NC2=C(C(=O)C[C@H](c3ccco3)C2)[C@H]1c1cccc(OC)c1. The number of carbonyl (C=O) groups is 2. The van der Waals surface area contributed by atoms with Gasteiger partial charge in [0, 0.05) is 41.7 Å². The fraction of sp³-hybridized carbons (Fsp3) is 0.348. The van der Waals surface area contributed by atoms with Gasteiger partial charge >= 0.3 is 5.97 Å². The Morgan fingerprint density at radius 3 is 2.69 bits per heavy atom. The molecule has 3 atom stereocenters. The standard InChI is InChI=1S/C23H23NO5/c1-13-20(23(26)28-3)21(14-6-4-7-16(10-14)27-2)22-17(24-13)11-15(12-18(22)25)19-8-5-9-29-19/h4-10,15,20-21H,11-12H2,1-3H3/t15-,20?,21+/m1/s1. The number of rotatable bonds is 4. The Balaban J connectivity index is 1.83. The third kappa shape index (κ3) is 3.39. The number of hydrogen-bond acceptors (Lipinski definition) is 6. The van der Waals surface area contributed by atoms with E-state index < -0.39 is 17.8 Å². The second-order valence-corrected chi connectivity index (χ2v) is 7.41. The van der Waals surface area contributed by atoms with Gasteiger partial charge in [-0.2, -0.15) is 0 Å². The monoisotopic (exact) mass is 393 g/mol. The van der Waals surface area contributed by atoms with Gasteiger partial charge < -0.3 is 13.9 Å². The topological polar surface area (TPSA) is 78.1 Å². The molecule has 0 fully saturated rings. The van der Waals surface area contributed by atoms with Gasteiger partial charge in [-0.15, -0.1) is 0 Å². The number of nitrogens with zero attached hydrogens (tertiary/aromatic N) is 1. The van der Waals surface area contributed by atoms with Gasteiger partial charge in [-0.25, -0.2) is 0 Å². The number of Topliss-reactive ketones (excluding diaryl/α,β-unsaturated/α-hetero) is 1. The summed E-state index contributed by atoms with van der Waals surface area (Å²) in [7, 11) is 2.95. The smallest absolute Gasteiger partial charge is 0.315 e. The van der Waals surface area contributed by atoms with Crippen LogP contribution in [-0.4, -0.2) is 31.7 Å². The van der Waals surface area contributed by atoms with Crippen molar-refractivity contribution in [2.45, 2.75) is 31.6 Å². The van der Waals surface area contributed by atoms with E-state index in [9.17, 15) is 9.59 Å². The van der Waals surface area contributed by atoms with E-state index in [0.717, 1.165) is 17.0 Å². The fourth-order valence-electron chi connectivity index (χ4n) is 4.41. The van der Waals surface area contributed by atoms with Crippen LogP contribution in [0.3, 0.4) is 0 Å². The van der Waals surface area contributed by atoms with Gasteiger partial charge in [0.05, 0.1) is 20.5 Å². The first-order valence-electron chi connectivity index (χ1n) is 9.60. The van der Waals surface area contributed by atoms with Crippen LogP contribution in [0.5, 0.6) is 5.75 Å². The van der Waals surface area contributed by atoms with E-state index in [1.165, 1.54) is 7.11 Å². The largest absolute Gasteiger partial charge is 0.497 e. The highest BCUT2D eigenvalue weighted by Gasteiger charge is 2.45. The van der Waals surface area contributed by atoms with Gasteiger partial charge in [-0.05, 0) is 36.8 Å². The summed E-state index contributed by atoms with van der Waals surface area (Å²) in [5.74, 6) is -0.0911. The molecule has 6 heteroatoms. The van der Waals surface area contributed by atoms with Crippen molar-refractivity contribution in [3.63, 3.8) is 0 Å². The van der Waals surface area contributed by atoms with Crippen LogP contribution < -0.4 is 4.74 Å². The van der Waals surface area contributed by atoms with Crippen molar-refractivity contribution in [1.29, 1.82) is 0 Å². The molecule has 0 bridgehead atoms. The highest BCUT2D eigenvalue weighted by atomic mass is 16.5. The first kappa shape index (κ1) is 19.2. The number of esters is 1. The number of carbonyl (C=O) groups excluding carboxylic acids is 2. The molecule has 0 spiro atoms. The van der Waals surface area contributed by atoms with E-state index in [-0.39, 0.29) is 11.7 Å². The number of benzene rings is 1. The van der Waals surface area contributed by atoms with E-state index in [0.29, 0.717) is 29.9 Å². The first-order chi connectivity index (χ1) is 14.0. The summed E-state index contributed by atoms with van der Waals surface area (Å²) >= 11 is 0. The van der Waals surface area contributed by atoms with Gasteiger partial charge in [-0.3, -0.25) is 14.6 Å². The molecule has 1 aromatic carbocycles. The Bertz CT molecular complexity index is 1000. The maximum absolute atomic E-state index is 13.3. The molecule has 0 radical (unpaired) electrons. The molecule has 0 N–H and O–H groups in total. The quantitative estimate of drug-likeness (QED) is 0.733. The summed E-state index contributed by atoms with van der Waals surface area (Å²) in [6, 6.07) is 11.2. The highest BCUT2D eigenvalue weighted by Crippen LogP contribution is 2.47. The molecule has 1 aliphatic carbocycles. The Labute approximate surface area is 169 Å². The van der Waals surface area contributed by atoms with E-state index in [2.05, 4.69) is 4.99 Å². The van der Waals surface area contributed by atoms with Crippen LogP contribution in [0.2, 0.25) is 0 Å². The van der Waals surface area contributed by atoms with E-state index in [1.54, 1.807) is 13.4 Å². The molecule has 0 saturated carbocycles. The number of ether oxygens (including phenoxy) is 2. The summed E-state index contributed by atoms with van der Waals surface area (Å²) in [5.41, 5.74) is 2.82. The molecule has 1 aliphatic heterocycles. The molecule has 0 saturated heterocycles. The minimum atomic E-state index is -0.644. The third-order valence-electron chi connectivity index (χ3n) is 5.74. The van der Waals surface area contributed by atoms with Crippen molar-refractivity contribution < 1.29 is 23.5 Å². The summed E-state index contributed by atoms with van der Waals surface area (Å²) in [5, 5.41) is 0. The van der Waals surface area contributed by atoms with Crippen LogP contribution in [0.1, 0.15) is 42.9 Å². The lowest BCUT2D eigenvalue weighted by Crippen LogP contribution is -2.37. The summed E-state index contributed by atoms with van der Waals surface area (Å²) in [6.07, 6.45) is 2.54. The minimum Gasteiger partial charge on any atom is -0.497 e. The molecule has 0 amide bonds. The van der Waals surface area contributed by atoms with Crippen molar-refractivity contribution in [1.82, 2.24) is 0 Å². The molecule has 150 valence electrons. The van der Waals surface area contributed by atoms with Crippen molar-refractivity contribution in [2.24, 2.45) is 10.9 Å². The van der Waals surface area contributed by atoms with Crippen LogP contribution in [0.25, 0.3) is 0 Å². The van der Waals surface area contributed by atoms with E-state index >= 15 is 0 Å². The summed E-state index contributed by atoms with van der Waals surface area (Å²) in [4.78, 5) is 30.6. The normalized spacial score (nSPS) is 24.0. The molecule has 2 aromatic rings. The number of aliphatic imine (C=N–C) groups is 1. The van der Waals surface area contributed by atoms with E-state index in [1.807, 2.05) is 43.3 Å². The zero-order chi connectivity index (χ0) is 20.5. The summed E-state index contributed by atoms with van der Waals surface area (Å²) < 4.78 is 16.0. The van der Waals surface area contributed by atoms with E-state index in [4.69, 9.17) is 13.9 Å². The minimum absolute atomic E-state index is 0.00868. The van der Waals surface area contributed by atoms with Gasteiger partial charge in [0.15, 0.2) is 5.78 Å². The van der Waals surface area contributed by atoms with Crippen LogP contribution in [0.15, 0.2) is 63.3 Å². The zero-order valence-corrected chi connectivity index (χ0v) is 16.7. The van der Waals surface area contributed by atoms with Crippen LogP contribution in [0.4, 0.5) is 0 Å². The Hall–Kier alpha value is -3.15. The lowest BCUT2D eigenvalue weighted by atomic mass is 9.70. The average molecular weight is 393 g/mol. The molecule has 1 unspecified atom stereocenters. The van der Waals surface area contributed by atoms with Crippen LogP contribution >= 0.6 is 0 Å². The number of ketones is 1. The first-order valence-corrected chi connectivity index (χ1v) is 9.60. The Kier molecular flexibility index (Phi) is 5.09. The molecular formula is C23H23NO5. The summed E-state index contributed by atoms with van der Waals surface area (Å²) in [6.45, 7) is 1.82. The van der Waals surface area contributed by atoms with Crippen molar-refractivity contribution >= 4 is 17.5 Å². The highest BCUT2D eigenvalue weighted by molar-refractivity contribution is 6.09. The average Bonchev–Trinajstić information content (AvgIpc) is 3.27. The molecule has 4 rings (SSSR count). The van der Waals surface area contributed by atoms with Crippen molar-refractivity contribution in [3.05, 3.63) is 65.3 Å². The molecule has 2 aliphatic rings. The molecule has 1 aromatic heterocycles. The van der Waals surface area contributed by atoms with Crippen LogP contribution in [0, 0.1) is 5.92 Å². The predicted octanol–water partition coefficient (Wildman–Crippen LogP) is 4.04. The number of allylic oxidation sites excluding steroid dienone is 2. The predicted molar refractivity (Wildman–Crippen MR) is 107 cm³/mol. The van der Waals surface area contributed by atoms with Crippen LogP contribution in [-0.2, 0) is 14.3 Å². The number of methoxy groups -OCH3 is 2. The lowest BCUT2D eigenvalue weighted by Gasteiger charge is -2.36. The second kappa shape index (κ2) is 7.70. The maximum Gasteiger partial charge on any atom is 0.315 e. The zero-order valence-electron chi connectivity index (χ0n) is 16.7. The van der Waals surface area contributed by atoms with Gasteiger partial charge in [0.1, 0.15) is 17.4 Å². The van der Waals surface area contributed by atoms with Gasteiger partial charge in [0.25, 0.3) is 0 Å². The second-order valence-electron chi connectivity index (χ2n) is 7.41. The number of hydrogen-bond donors (Lipinski definition) is 0.